The lowest BCUT2D eigenvalue weighted by Crippen LogP contribution is -1.75. The van der Waals surface area contributed by atoms with Gasteiger partial charge < -0.3 is 14.6 Å². The van der Waals surface area contributed by atoms with Crippen LogP contribution in [0.5, 0.6) is 11.5 Å². The highest BCUT2D eigenvalue weighted by atomic mass is 35.5. The van der Waals surface area contributed by atoms with Gasteiger partial charge in [-0.15, -0.1) is 0 Å². The summed E-state index contributed by atoms with van der Waals surface area (Å²) in [4.78, 5) is 0. The van der Waals surface area contributed by atoms with E-state index in [9.17, 15) is 10.2 Å². The lowest BCUT2D eigenvalue weighted by Gasteiger charge is -2.01. The number of aromatic hydroxyl groups is 2. The van der Waals surface area contributed by atoms with E-state index in [-0.39, 0.29) is 11.5 Å². The molecule has 1 heterocycles. The van der Waals surface area contributed by atoms with Crippen LogP contribution in [0.2, 0.25) is 5.02 Å². The van der Waals surface area contributed by atoms with Crippen LogP contribution >= 0.6 is 11.6 Å². The number of hydrogen-bond donors (Lipinski definition) is 2. The van der Waals surface area contributed by atoms with Gasteiger partial charge in [-0.1, -0.05) is 11.6 Å². The molecule has 2 N–H and O–H groups in total. The Hall–Kier alpha value is -2.13. The topological polar surface area (TPSA) is 53.6 Å². The van der Waals surface area contributed by atoms with Crippen molar-refractivity contribution >= 4 is 22.6 Å². The van der Waals surface area contributed by atoms with Crippen LogP contribution in [0.1, 0.15) is 0 Å². The van der Waals surface area contributed by atoms with Gasteiger partial charge in [-0.25, -0.2) is 0 Å². The summed E-state index contributed by atoms with van der Waals surface area (Å²) < 4.78 is 5.62. The second-order valence-electron chi connectivity index (χ2n) is 3.99. The monoisotopic (exact) mass is 260 g/mol. The molecule has 3 nitrogen and oxygen atoms in total. The first-order chi connectivity index (χ1) is 8.63. The van der Waals surface area contributed by atoms with E-state index in [0.717, 1.165) is 5.39 Å². The second-order valence-corrected chi connectivity index (χ2v) is 4.43. The Morgan fingerprint density at radius 2 is 1.78 bits per heavy atom. The average Bonchev–Trinajstić information content (AvgIpc) is 2.74. The van der Waals surface area contributed by atoms with Crippen molar-refractivity contribution in [2.75, 3.05) is 0 Å². The van der Waals surface area contributed by atoms with Crippen molar-refractivity contribution in [2.24, 2.45) is 0 Å². The summed E-state index contributed by atoms with van der Waals surface area (Å²) >= 11 is 5.90. The summed E-state index contributed by atoms with van der Waals surface area (Å²) in [5, 5.41) is 20.7. The molecule has 3 aromatic rings. The Bertz CT molecular complexity index is 731. The minimum atomic E-state index is 0.0537. The number of furan rings is 1. The molecule has 0 atom stereocenters. The second kappa shape index (κ2) is 3.96. The summed E-state index contributed by atoms with van der Waals surface area (Å²) in [6, 6.07) is 11.3. The molecule has 0 spiro atoms. The smallest absolute Gasteiger partial charge is 0.139 e. The zero-order valence-corrected chi connectivity index (χ0v) is 9.98. The van der Waals surface area contributed by atoms with E-state index in [2.05, 4.69) is 0 Å². The lowest BCUT2D eigenvalue weighted by molar-refractivity contribution is 0.460. The standard InChI is InChI=1S/C14H9ClO3/c15-9-1-4-13-8(5-9)6-14(18-13)11-7-10(16)2-3-12(11)17/h1-7,16-17H. The highest BCUT2D eigenvalue weighted by Gasteiger charge is 2.11. The molecule has 2 aromatic carbocycles. The molecule has 0 aliphatic heterocycles. The Kier molecular flexibility index (Phi) is 2.42. The van der Waals surface area contributed by atoms with Crippen molar-refractivity contribution in [3.8, 4) is 22.8 Å². The largest absolute Gasteiger partial charge is 0.508 e. The molecular weight excluding hydrogens is 252 g/mol. The van der Waals surface area contributed by atoms with Gasteiger partial charge in [-0.2, -0.15) is 0 Å². The third kappa shape index (κ3) is 1.79. The Morgan fingerprint density at radius 3 is 2.61 bits per heavy atom. The molecule has 0 fully saturated rings. The molecule has 3 rings (SSSR count). The first-order valence-corrected chi connectivity index (χ1v) is 5.73. The van der Waals surface area contributed by atoms with Gasteiger partial charge in [0.05, 0.1) is 5.56 Å². The molecule has 0 amide bonds. The van der Waals surface area contributed by atoms with E-state index >= 15 is 0 Å². The summed E-state index contributed by atoms with van der Waals surface area (Å²) in [5.74, 6) is 0.611. The zero-order valence-electron chi connectivity index (χ0n) is 9.22. The molecule has 0 aliphatic carbocycles. The van der Waals surface area contributed by atoms with Crippen LogP contribution in [-0.2, 0) is 0 Å². The lowest BCUT2D eigenvalue weighted by atomic mass is 10.1. The van der Waals surface area contributed by atoms with Crippen LogP contribution in [0, 0.1) is 0 Å². The van der Waals surface area contributed by atoms with Crippen molar-refractivity contribution in [1.29, 1.82) is 0 Å². The van der Waals surface area contributed by atoms with Gasteiger partial charge in [-0.3, -0.25) is 0 Å². The quantitative estimate of drug-likeness (QED) is 0.646. The van der Waals surface area contributed by atoms with Gasteiger partial charge >= 0.3 is 0 Å². The summed E-state index contributed by atoms with van der Waals surface area (Å²) in [7, 11) is 0. The number of rotatable bonds is 1. The first kappa shape index (κ1) is 11.0. The van der Waals surface area contributed by atoms with E-state index < -0.39 is 0 Å². The fourth-order valence-corrected chi connectivity index (χ4v) is 2.05. The third-order valence-corrected chi connectivity index (χ3v) is 2.96. The van der Waals surface area contributed by atoms with Crippen molar-refractivity contribution in [3.63, 3.8) is 0 Å². The number of benzene rings is 2. The maximum atomic E-state index is 9.77. The molecule has 0 aliphatic rings. The number of hydrogen-bond acceptors (Lipinski definition) is 3. The Balaban J connectivity index is 2.22. The molecule has 4 heteroatoms. The van der Waals surface area contributed by atoms with Gasteiger partial charge in [0.25, 0.3) is 0 Å². The highest BCUT2D eigenvalue weighted by molar-refractivity contribution is 6.31. The fourth-order valence-electron chi connectivity index (χ4n) is 1.87. The fraction of sp³-hybridized carbons (Fsp3) is 0. The van der Waals surface area contributed by atoms with E-state index in [1.807, 2.05) is 0 Å². The molecule has 18 heavy (non-hydrogen) atoms. The third-order valence-electron chi connectivity index (χ3n) is 2.72. The molecule has 0 bridgehead atoms. The number of phenols is 2. The van der Waals surface area contributed by atoms with Gasteiger partial charge in [0.15, 0.2) is 0 Å². The molecule has 0 saturated carbocycles. The highest BCUT2D eigenvalue weighted by Crippen LogP contribution is 2.36. The minimum absolute atomic E-state index is 0.0537. The Morgan fingerprint density at radius 1 is 0.944 bits per heavy atom. The van der Waals surface area contributed by atoms with Crippen molar-refractivity contribution < 1.29 is 14.6 Å². The average molecular weight is 261 g/mol. The molecule has 90 valence electrons. The van der Waals surface area contributed by atoms with Crippen molar-refractivity contribution in [3.05, 3.63) is 47.5 Å². The van der Waals surface area contributed by atoms with E-state index in [0.29, 0.717) is 21.9 Å². The predicted molar refractivity (Wildman–Crippen MR) is 70.0 cm³/mol. The van der Waals surface area contributed by atoms with Gasteiger partial charge in [0.1, 0.15) is 22.8 Å². The van der Waals surface area contributed by atoms with Gasteiger partial charge in [0, 0.05) is 10.4 Å². The maximum absolute atomic E-state index is 9.77. The molecule has 1 aromatic heterocycles. The molecular formula is C14H9ClO3. The van der Waals surface area contributed by atoms with Crippen LogP contribution in [-0.4, -0.2) is 10.2 Å². The molecule has 0 unspecified atom stereocenters. The molecule has 0 radical (unpaired) electrons. The number of fused-ring (bicyclic) bond motifs is 1. The SMILES string of the molecule is Oc1ccc(O)c(-c2cc3cc(Cl)ccc3o2)c1. The summed E-state index contributed by atoms with van der Waals surface area (Å²) in [6.07, 6.45) is 0. The summed E-state index contributed by atoms with van der Waals surface area (Å²) in [6.45, 7) is 0. The Labute approximate surface area is 108 Å². The molecule has 0 saturated heterocycles. The normalized spacial score (nSPS) is 10.9. The van der Waals surface area contributed by atoms with E-state index in [1.165, 1.54) is 18.2 Å². The van der Waals surface area contributed by atoms with Crippen LogP contribution in [0.3, 0.4) is 0 Å². The first-order valence-electron chi connectivity index (χ1n) is 5.35. The van der Waals surface area contributed by atoms with Crippen LogP contribution in [0.15, 0.2) is 46.9 Å². The van der Waals surface area contributed by atoms with Crippen molar-refractivity contribution in [1.82, 2.24) is 0 Å². The van der Waals surface area contributed by atoms with E-state index in [1.54, 1.807) is 24.3 Å². The maximum Gasteiger partial charge on any atom is 0.139 e. The van der Waals surface area contributed by atoms with Crippen molar-refractivity contribution in [2.45, 2.75) is 0 Å². The van der Waals surface area contributed by atoms with Crippen LogP contribution < -0.4 is 0 Å². The predicted octanol–water partition coefficient (Wildman–Crippen LogP) is 4.16. The van der Waals surface area contributed by atoms with E-state index in [4.69, 9.17) is 16.0 Å². The van der Waals surface area contributed by atoms with Crippen LogP contribution in [0.25, 0.3) is 22.3 Å². The van der Waals surface area contributed by atoms with Crippen LogP contribution in [0.4, 0.5) is 0 Å². The summed E-state index contributed by atoms with van der Waals surface area (Å²) in [5.41, 5.74) is 1.12. The number of phenolic OH excluding ortho intramolecular Hbond substituents is 2. The number of halogens is 1. The zero-order chi connectivity index (χ0) is 12.7. The van der Waals surface area contributed by atoms with Gasteiger partial charge in [0.2, 0.25) is 0 Å². The van der Waals surface area contributed by atoms with Gasteiger partial charge in [-0.05, 0) is 42.5 Å². The minimum Gasteiger partial charge on any atom is -0.508 e.